The Labute approximate surface area is 128 Å². The van der Waals surface area contributed by atoms with Crippen LogP contribution in [-0.2, 0) is 9.47 Å². The molecule has 3 rings (SSSR count). The van der Waals surface area contributed by atoms with Crippen molar-refractivity contribution in [3.63, 3.8) is 0 Å². The van der Waals surface area contributed by atoms with Gasteiger partial charge in [0, 0.05) is 32.3 Å². The highest BCUT2D eigenvalue weighted by Crippen LogP contribution is 2.20. The van der Waals surface area contributed by atoms with Gasteiger partial charge in [0.25, 0.3) is 0 Å². The molecule has 3 aliphatic heterocycles. The van der Waals surface area contributed by atoms with Gasteiger partial charge in [0.15, 0.2) is 0 Å². The lowest BCUT2D eigenvalue weighted by Gasteiger charge is -2.26. The topological polar surface area (TPSA) is 45.2 Å². The predicted octanol–water partition coefficient (Wildman–Crippen LogP) is 0.713. The minimum absolute atomic E-state index is 0.282. The fraction of sp³-hybridized carbons (Fsp3) is 1.00. The zero-order chi connectivity index (χ0) is 14.5. The second-order valence-electron chi connectivity index (χ2n) is 6.74. The molecule has 0 bridgehead atoms. The normalized spacial score (nSPS) is 31.0. The highest BCUT2D eigenvalue weighted by atomic mass is 16.5. The second kappa shape index (κ2) is 7.88. The summed E-state index contributed by atoms with van der Waals surface area (Å²) in [4.78, 5) is 5.03. The molecule has 2 atom stereocenters. The molecule has 3 fully saturated rings. The van der Waals surface area contributed by atoms with Crippen molar-refractivity contribution in [1.29, 1.82) is 0 Å². The Balaban J connectivity index is 1.32. The third-order valence-corrected chi connectivity index (χ3v) is 5.07. The summed E-state index contributed by atoms with van der Waals surface area (Å²) in [6.07, 6.45) is 5.83. The van der Waals surface area contributed by atoms with E-state index >= 15 is 0 Å². The fourth-order valence-corrected chi connectivity index (χ4v) is 3.82. The van der Waals surface area contributed by atoms with E-state index in [1.807, 2.05) is 0 Å². The Kier molecular flexibility index (Phi) is 5.89. The van der Waals surface area contributed by atoms with Crippen LogP contribution in [-0.4, -0.2) is 85.7 Å². The summed E-state index contributed by atoms with van der Waals surface area (Å²) in [5.74, 6) is 0. The molecule has 5 heteroatoms. The minimum Gasteiger partial charge on any atom is -0.389 e. The smallest absolute Gasteiger partial charge is 0.0900 e. The van der Waals surface area contributed by atoms with Crippen LogP contribution in [0.3, 0.4) is 0 Å². The van der Waals surface area contributed by atoms with Crippen LogP contribution < -0.4 is 0 Å². The van der Waals surface area contributed by atoms with E-state index < -0.39 is 0 Å². The highest BCUT2D eigenvalue weighted by molar-refractivity contribution is 4.86. The van der Waals surface area contributed by atoms with Gasteiger partial charge in [0.2, 0.25) is 0 Å². The van der Waals surface area contributed by atoms with Crippen molar-refractivity contribution in [3.05, 3.63) is 0 Å². The number of β-amino-alcohol motifs (C(OH)–C–C–N with tert-alkyl or cyclic N) is 1. The lowest BCUT2D eigenvalue weighted by molar-refractivity contribution is -0.0633. The number of rotatable bonds is 6. The molecule has 0 spiro atoms. The number of likely N-dealkylation sites (tertiary alicyclic amines) is 2. The summed E-state index contributed by atoms with van der Waals surface area (Å²) in [7, 11) is 0. The lowest BCUT2D eigenvalue weighted by atomic mass is 10.1. The summed E-state index contributed by atoms with van der Waals surface area (Å²) in [5, 5.41) is 10.2. The first kappa shape index (κ1) is 15.7. The molecular formula is C16H30N2O3. The van der Waals surface area contributed by atoms with Gasteiger partial charge in [-0.1, -0.05) is 0 Å². The molecule has 3 saturated heterocycles. The maximum atomic E-state index is 10.2. The van der Waals surface area contributed by atoms with Crippen molar-refractivity contribution < 1.29 is 14.6 Å². The van der Waals surface area contributed by atoms with Gasteiger partial charge in [0.05, 0.1) is 18.8 Å². The Morgan fingerprint density at radius 3 is 2.62 bits per heavy atom. The van der Waals surface area contributed by atoms with Gasteiger partial charge in [0.1, 0.15) is 0 Å². The van der Waals surface area contributed by atoms with Crippen LogP contribution >= 0.6 is 0 Å². The average Bonchev–Trinajstić information content (AvgIpc) is 3.17. The Bertz CT molecular complexity index is 304. The Morgan fingerprint density at radius 2 is 1.86 bits per heavy atom. The van der Waals surface area contributed by atoms with Crippen LogP contribution in [0.5, 0.6) is 0 Å². The SMILES string of the molecule is OC(COC1CCOCC1)CN1CCC(N2CCCC2)C1. The lowest BCUT2D eigenvalue weighted by Crippen LogP contribution is -2.39. The van der Waals surface area contributed by atoms with Crippen molar-refractivity contribution in [2.75, 3.05) is 52.5 Å². The van der Waals surface area contributed by atoms with E-state index in [1.54, 1.807) is 0 Å². The molecule has 5 nitrogen and oxygen atoms in total. The summed E-state index contributed by atoms with van der Waals surface area (Å²) in [6.45, 7) is 7.60. The molecule has 0 aromatic rings. The summed E-state index contributed by atoms with van der Waals surface area (Å²) in [6, 6.07) is 0.719. The predicted molar refractivity (Wildman–Crippen MR) is 81.5 cm³/mol. The van der Waals surface area contributed by atoms with Gasteiger partial charge in [-0.25, -0.2) is 0 Å². The summed E-state index contributed by atoms with van der Waals surface area (Å²) < 4.78 is 11.1. The zero-order valence-electron chi connectivity index (χ0n) is 13.1. The highest BCUT2D eigenvalue weighted by Gasteiger charge is 2.30. The maximum absolute atomic E-state index is 10.2. The van der Waals surface area contributed by atoms with Gasteiger partial charge in [-0.15, -0.1) is 0 Å². The van der Waals surface area contributed by atoms with E-state index in [9.17, 15) is 5.11 Å². The minimum atomic E-state index is -0.356. The van der Waals surface area contributed by atoms with Crippen LogP contribution in [0.2, 0.25) is 0 Å². The van der Waals surface area contributed by atoms with Crippen LogP contribution in [0.1, 0.15) is 32.1 Å². The Hall–Kier alpha value is -0.200. The van der Waals surface area contributed by atoms with Gasteiger partial charge >= 0.3 is 0 Å². The van der Waals surface area contributed by atoms with Crippen LogP contribution in [0.4, 0.5) is 0 Å². The monoisotopic (exact) mass is 298 g/mol. The maximum Gasteiger partial charge on any atom is 0.0900 e. The molecule has 0 radical (unpaired) electrons. The summed E-state index contributed by atoms with van der Waals surface area (Å²) >= 11 is 0. The third kappa shape index (κ3) is 4.63. The standard InChI is InChI=1S/C16H30N2O3/c19-15(13-21-16-4-9-20-10-5-16)12-17-8-3-14(11-17)18-6-1-2-7-18/h14-16,19H,1-13H2. The molecular weight excluding hydrogens is 268 g/mol. The van der Waals surface area contributed by atoms with E-state index in [1.165, 1.54) is 32.4 Å². The first-order valence-electron chi connectivity index (χ1n) is 8.65. The van der Waals surface area contributed by atoms with Crippen molar-refractivity contribution in [1.82, 2.24) is 9.80 Å². The van der Waals surface area contributed by atoms with E-state index in [0.717, 1.165) is 51.7 Å². The first-order valence-corrected chi connectivity index (χ1v) is 8.65. The van der Waals surface area contributed by atoms with Gasteiger partial charge < -0.3 is 14.6 Å². The second-order valence-corrected chi connectivity index (χ2v) is 6.74. The number of aliphatic hydroxyl groups excluding tert-OH is 1. The van der Waals surface area contributed by atoms with Crippen LogP contribution in [0, 0.1) is 0 Å². The molecule has 0 aliphatic carbocycles. The Morgan fingerprint density at radius 1 is 1.10 bits per heavy atom. The molecule has 21 heavy (non-hydrogen) atoms. The van der Waals surface area contributed by atoms with E-state index in [4.69, 9.17) is 9.47 Å². The number of hydrogen-bond donors (Lipinski definition) is 1. The molecule has 2 unspecified atom stereocenters. The van der Waals surface area contributed by atoms with Crippen molar-refractivity contribution >= 4 is 0 Å². The number of hydrogen-bond acceptors (Lipinski definition) is 5. The van der Waals surface area contributed by atoms with Gasteiger partial charge in [-0.05, 0) is 51.7 Å². The molecule has 3 heterocycles. The molecule has 0 saturated carbocycles. The largest absolute Gasteiger partial charge is 0.389 e. The number of nitrogens with zero attached hydrogens (tertiary/aromatic N) is 2. The molecule has 0 amide bonds. The fourth-order valence-electron chi connectivity index (χ4n) is 3.82. The van der Waals surface area contributed by atoms with E-state index in [2.05, 4.69) is 9.80 Å². The first-order chi connectivity index (χ1) is 10.3. The van der Waals surface area contributed by atoms with Crippen molar-refractivity contribution in [2.45, 2.75) is 50.4 Å². The van der Waals surface area contributed by atoms with Gasteiger partial charge in [-0.3, -0.25) is 9.80 Å². The molecule has 1 N–H and O–H groups in total. The molecule has 3 aliphatic rings. The summed E-state index contributed by atoms with van der Waals surface area (Å²) in [5.41, 5.74) is 0. The number of ether oxygens (including phenoxy) is 2. The molecule has 0 aromatic heterocycles. The average molecular weight is 298 g/mol. The van der Waals surface area contributed by atoms with Crippen molar-refractivity contribution in [2.24, 2.45) is 0 Å². The van der Waals surface area contributed by atoms with E-state index in [-0.39, 0.29) is 12.2 Å². The third-order valence-electron chi connectivity index (χ3n) is 5.07. The zero-order valence-corrected chi connectivity index (χ0v) is 13.1. The van der Waals surface area contributed by atoms with E-state index in [0.29, 0.717) is 6.61 Å². The van der Waals surface area contributed by atoms with Gasteiger partial charge in [-0.2, -0.15) is 0 Å². The number of aliphatic hydroxyl groups is 1. The van der Waals surface area contributed by atoms with Crippen LogP contribution in [0.25, 0.3) is 0 Å². The van der Waals surface area contributed by atoms with Crippen LogP contribution in [0.15, 0.2) is 0 Å². The molecule has 122 valence electrons. The quantitative estimate of drug-likeness (QED) is 0.782. The molecule has 0 aromatic carbocycles. The van der Waals surface area contributed by atoms with Crippen molar-refractivity contribution in [3.8, 4) is 0 Å².